The lowest BCUT2D eigenvalue weighted by Crippen LogP contribution is -2.15. The molecule has 0 saturated heterocycles. The number of ether oxygens (including phenoxy) is 1. The fraction of sp³-hybridized carbons (Fsp3) is 0.400. The van der Waals surface area contributed by atoms with Crippen molar-refractivity contribution in [1.82, 2.24) is 9.78 Å². The highest BCUT2D eigenvalue weighted by atomic mass is 16.5. The minimum absolute atomic E-state index is 0.403. The molecule has 0 aliphatic heterocycles. The van der Waals surface area contributed by atoms with Crippen molar-refractivity contribution in [2.24, 2.45) is 0 Å². The minimum Gasteiger partial charge on any atom is -0.497 e. The van der Waals surface area contributed by atoms with Gasteiger partial charge in [-0.3, -0.25) is 4.68 Å². The lowest BCUT2D eigenvalue weighted by atomic mass is 9.90. The zero-order chi connectivity index (χ0) is 13.4. The second-order valence-corrected chi connectivity index (χ2v) is 5.07. The molecule has 1 aliphatic carbocycles. The van der Waals surface area contributed by atoms with E-state index < -0.39 is 6.10 Å². The molecule has 0 unspecified atom stereocenters. The van der Waals surface area contributed by atoms with Crippen LogP contribution in [0.3, 0.4) is 0 Å². The predicted molar refractivity (Wildman–Crippen MR) is 73.3 cm³/mol. The van der Waals surface area contributed by atoms with Crippen LogP contribution >= 0.6 is 0 Å². The number of aromatic nitrogens is 2. The first-order valence-corrected chi connectivity index (χ1v) is 6.59. The normalized spacial score (nSPS) is 14.7. The summed E-state index contributed by atoms with van der Waals surface area (Å²) in [6.45, 7) is 2.30. The molecule has 100 valence electrons. The number of benzene rings is 1. The summed E-state index contributed by atoms with van der Waals surface area (Å²) in [6, 6.07) is 6.18. The Balaban J connectivity index is 2.12. The third-order valence-electron chi connectivity index (χ3n) is 3.59. The van der Waals surface area contributed by atoms with E-state index >= 15 is 0 Å². The monoisotopic (exact) mass is 258 g/mol. The van der Waals surface area contributed by atoms with Crippen molar-refractivity contribution in [2.45, 2.75) is 32.4 Å². The molecule has 1 heterocycles. The van der Waals surface area contributed by atoms with E-state index in [4.69, 9.17) is 4.74 Å². The Labute approximate surface area is 112 Å². The van der Waals surface area contributed by atoms with Crippen LogP contribution in [0, 0.1) is 0 Å². The third-order valence-corrected chi connectivity index (χ3v) is 3.59. The van der Waals surface area contributed by atoms with E-state index in [-0.39, 0.29) is 0 Å². The van der Waals surface area contributed by atoms with E-state index in [1.807, 2.05) is 16.9 Å². The lowest BCUT2D eigenvalue weighted by Gasteiger charge is -2.19. The summed E-state index contributed by atoms with van der Waals surface area (Å²) in [6.07, 6.45) is 3.56. The molecule has 19 heavy (non-hydrogen) atoms. The van der Waals surface area contributed by atoms with Gasteiger partial charge in [-0.2, -0.15) is 5.10 Å². The number of nitrogens with zero attached hydrogens (tertiary/aromatic N) is 2. The summed E-state index contributed by atoms with van der Waals surface area (Å²) in [5.41, 5.74) is 4.88. The van der Waals surface area contributed by atoms with Gasteiger partial charge in [0.15, 0.2) is 0 Å². The standard InChI is InChI=1S/C15H18N2O2/c1-10(18)9-17-15-12(8-16-17)4-3-11-5-6-13(19-2)7-14(11)15/h5-8,10,18H,3-4,9H2,1-2H3/t10-/m0/s1. The summed E-state index contributed by atoms with van der Waals surface area (Å²) in [4.78, 5) is 0. The first kappa shape index (κ1) is 12.2. The number of aryl methyl sites for hydroxylation is 2. The average molecular weight is 258 g/mol. The van der Waals surface area contributed by atoms with Gasteiger partial charge in [-0.25, -0.2) is 0 Å². The number of aliphatic hydroxyl groups excluding tert-OH is 1. The van der Waals surface area contributed by atoms with Crippen molar-refractivity contribution in [3.8, 4) is 17.0 Å². The summed E-state index contributed by atoms with van der Waals surface area (Å²) < 4.78 is 7.21. The first-order chi connectivity index (χ1) is 9.19. The molecule has 4 nitrogen and oxygen atoms in total. The summed E-state index contributed by atoms with van der Waals surface area (Å²) in [5.74, 6) is 0.858. The van der Waals surface area contributed by atoms with Gasteiger partial charge < -0.3 is 9.84 Å². The van der Waals surface area contributed by atoms with E-state index in [2.05, 4.69) is 17.2 Å². The maximum atomic E-state index is 9.59. The molecule has 1 aromatic heterocycles. The quantitative estimate of drug-likeness (QED) is 0.916. The van der Waals surface area contributed by atoms with E-state index in [0.717, 1.165) is 24.3 Å². The van der Waals surface area contributed by atoms with Crippen LogP contribution in [-0.4, -0.2) is 28.1 Å². The van der Waals surface area contributed by atoms with Crippen LogP contribution in [0.5, 0.6) is 5.75 Å². The molecule has 0 radical (unpaired) electrons. The van der Waals surface area contributed by atoms with Gasteiger partial charge in [-0.1, -0.05) is 6.07 Å². The van der Waals surface area contributed by atoms with Crippen LogP contribution in [0.4, 0.5) is 0 Å². The van der Waals surface area contributed by atoms with Crippen LogP contribution in [0.15, 0.2) is 24.4 Å². The summed E-state index contributed by atoms with van der Waals surface area (Å²) in [5, 5.41) is 14.0. The van der Waals surface area contributed by atoms with E-state index in [1.165, 1.54) is 16.7 Å². The zero-order valence-electron chi connectivity index (χ0n) is 11.3. The fourth-order valence-corrected chi connectivity index (χ4v) is 2.70. The lowest BCUT2D eigenvalue weighted by molar-refractivity contribution is 0.169. The van der Waals surface area contributed by atoms with Gasteiger partial charge in [0.05, 0.1) is 31.6 Å². The van der Waals surface area contributed by atoms with Crippen LogP contribution in [0.2, 0.25) is 0 Å². The fourth-order valence-electron chi connectivity index (χ4n) is 2.70. The highest BCUT2D eigenvalue weighted by Gasteiger charge is 2.21. The van der Waals surface area contributed by atoms with Crippen LogP contribution in [-0.2, 0) is 19.4 Å². The average Bonchev–Trinajstić information content (AvgIpc) is 2.81. The molecule has 0 spiro atoms. The van der Waals surface area contributed by atoms with Gasteiger partial charge >= 0.3 is 0 Å². The molecule has 1 N–H and O–H groups in total. The van der Waals surface area contributed by atoms with Crippen LogP contribution in [0.25, 0.3) is 11.3 Å². The van der Waals surface area contributed by atoms with Gasteiger partial charge in [-0.05, 0) is 43.0 Å². The van der Waals surface area contributed by atoms with Gasteiger partial charge in [-0.15, -0.1) is 0 Å². The Hall–Kier alpha value is -1.81. The molecular weight excluding hydrogens is 240 g/mol. The molecule has 1 aromatic carbocycles. The minimum atomic E-state index is -0.403. The number of aliphatic hydroxyl groups is 1. The Morgan fingerprint density at radius 1 is 1.37 bits per heavy atom. The molecule has 0 saturated carbocycles. The van der Waals surface area contributed by atoms with Gasteiger partial charge in [0, 0.05) is 5.56 Å². The molecule has 0 amide bonds. The summed E-state index contributed by atoms with van der Waals surface area (Å²) in [7, 11) is 1.68. The Bertz CT molecular complexity index is 602. The Morgan fingerprint density at radius 3 is 2.89 bits per heavy atom. The largest absolute Gasteiger partial charge is 0.497 e. The van der Waals surface area contributed by atoms with E-state index in [9.17, 15) is 5.11 Å². The van der Waals surface area contributed by atoms with E-state index in [0.29, 0.717) is 6.54 Å². The topological polar surface area (TPSA) is 47.3 Å². The van der Waals surface area contributed by atoms with E-state index in [1.54, 1.807) is 14.0 Å². The maximum Gasteiger partial charge on any atom is 0.119 e. The van der Waals surface area contributed by atoms with Gasteiger partial charge in [0.25, 0.3) is 0 Å². The number of methoxy groups -OCH3 is 1. The van der Waals surface area contributed by atoms with Crippen molar-refractivity contribution in [3.05, 3.63) is 35.5 Å². The first-order valence-electron chi connectivity index (χ1n) is 6.59. The second kappa shape index (κ2) is 4.70. The highest BCUT2D eigenvalue weighted by Crippen LogP contribution is 2.35. The van der Waals surface area contributed by atoms with Crippen molar-refractivity contribution in [2.75, 3.05) is 7.11 Å². The van der Waals surface area contributed by atoms with Gasteiger partial charge in [0.2, 0.25) is 0 Å². The molecule has 0 bridgehead atoms. The van der Waals surface area contributed by atoms with Crippen molar-refractivity contribution in [1.29, 1.82) is 0 Å². The number of hydrogen-bond donors (Lipinski definition) is 1. The molecule has 0 fully saturated rings. The smallest absolute Gasteiger partial charge is 0.119 e. The zero-order valence-corrected chi connectivity index (χ0v) is 11.3. The molecule has 4 heteroatoms. The number of hydrogen-bond acceptors (Lipinski definition) is 3. The van der Waals surface area contributed by atoms with Crippen LogP contribution in [0.1, 0.15) is 18.1 Å². The predicted octanol–water partition coefficient (Wildman–Crippen LogP) is 2.04. The Kier molecular flexibility index (Phi) is 3.03. The highest BCUT2D eigenvalue weighted by molar-refractivity contribution is 5.71. The summed E-state index contributed by atoms with van der Waals surface area (Å²) >= 11 is 0. The number of rotatable bonds is 3. The second-order valence-electron chi connectivity index (χ2n) is 5.07. The maximum absolute atomic E-state index is 9.59. The van der Waals surface area contributed by atoms with Crippen molar-refractivity contribution >= 4 is 0 Å². The van der Waals surface area contributed by atoms with Gasteiger partial charge in [0.1, 0.15) is 5.75 Å². The molecule has 3 rings (SSSR count). The SMILES string of the molecule is COc1ccc2c(c1)-c1c(cnn1C[C@H](C)O)CC2. The Morgan fingerprint density at radius 2 is 2.16 bits per heavy atom. The molecule has 1 aliphatic rings. The molecule has 2 aromatic rings. The molecular formula is C15H18N2O2. The third kappa shape index (κ3) is 2.12. The van der Waals surface area contributed by atoms with Crippen molar-refractivity contribution in [3.63, 3.8) is 0 Å². The number of fused-ring (bicyclic) bond motifs is 3. The molecule has 1 atom stereocenters. The van der Waals surface area contributed by atoms with Crippen molar-refractivity contribution < 1.29 is 9.84 Å². The van der Waals surface area contributed by atoms with Crippen LogP contribution < -0.4 is 4.74 Å².